The predicted octanol–water partition coefficient (Wildman–Crippen LogP) is 3.23. The predicted molar refractivity (Wildman–Crippen MR) is 123 cm³/mol. The fourth-order valence-electron chi connectivity index (χ4n) is 4.00. The summed E-state index contributed by atoms with van der Waals surface area (Å²) in [6.45, 7) is 4.36. The minimum atomic E-state index is -5.08. The lowest BCUT2D eigenvalue weighted by Gasteiger charge is -2.31. The number of carboxylic acid groups (broad SMARTS) is 2. The fourth-order valence-corrected chi connectivity index (χ4v) is 4.00. The van der Waals surface area contributed by atoms with E-state index in [9.17, 15) is 40.2 Å². The third-order valence-corrected chi connectivity index (χ3v) is 6.01. The van der Waals surface area contributed by atoms with Crippen molar-refractivity contribution in [2.45, 2.75) is 56.9 Å². The highest BCUT2D eigenvalue weighted by molar-refractivity contribution is 5.73. The van der Waals surface area contributed by atoms with Crippen molar-refractivity contribution in [2.75, 3.05) is 26.2 Å². The zero-order chi connectivity index (χ0) is 31.0. The summed E-state index contributed by atoms with van der Waals surface area (Å²) in [4.78, 5) is 22.1. The number of benzene rings is 1. The maximum atomic E-state index is 13.8. The van der Waals surface area contributed by atoms with Gasteiger partial charge in [-0.1, -0.05) is 5.21 Å². The molecule has 0 saturated carbocycles. The molecule has 0 spiro atoms. The van der Waals surface area contributed by atoms with Crippen molar-refractivity contribution in [2.24, 2.45) is 0 Å². The number of alkyl halides is 6. The number of likely N-dealkylation sites (tertiary alicyclic amines) is 2. The second kappa shape index (κ2) is 14.5. The molecule has 2 aromatic rings. The van der Waals surface area contributed by atoms with Gasteiger partial charge in [-0.05, 0) is 37.5 Å². The Morgan fingerprint density at radius 1 is 0.878 bits per heavy atom. The van der Waals surface area contributed by atoms with Crippen LogP contribution in [0.3, 0.4) is 0 Å². The van der Waals surface area contributed by atoms with Gasteiger partial charge in [0.15, 0.2) is 0 Å². The zero-order valence-corrected chi connectivity index (χ0v) is 21.2. The highest BCUT2D eigenvalue weighted by Gasteiger charge is 2.39. The minimum Gasteiger partial charge on any atom is -0.475 e. The highest BCUT2D eigenvalue weighted by atomic mass is 19.4. The van der Waals surface area contributed by atoms with Gasteiger partial charge in [0, 0.05) is 44.8 Å². The number of rotatable bonds is 5. The van der Waals surface area contributed by atoms with E-state index in [-0.39, 0.29) is 18.0 Å². The molecule has 230 valence electrons. The zero-order valence-electron chi connectivity index (χ0n) is 21.2. The van der Waals surface area contributed by atoms with Crippen molar-refractivity contribution >= 4 is 11.9 Å². The van der Waals surface area contributed by atoms with E-state index in [2.05, 4.69) is 20.1 Å². The third kappa shape index (κ3) is 11.6. The lowest BCUT2D eigenvalue weighted by molar-refractivity contribution is -0.193. The number of β-amino-alcohol motifs (C(OH)–C–C–N with tert-alkyl or cyclic N) is 1. The summed E-state index contributed by atoms with van der Waals surface area (Å²) in [6.07, 6.45) is -5.77. The number of aliphatic carboxylic acids is 2. The van der Waals surface area contributed by atoms with Crippen LogP contribution in [-0.4, -0.2) is 96.7 Å². The topological polar surface area (TPSA) is 132 Å². The molecule has 0 bridgehead atoms. The first-order chi connectivity index (χ1) is 19.0. The molecule has 3 N–H and O–H groups in total. The number of aliphatic hydroxyl groups excluding tert-OH is 1. The van der Waals surface area contributed by atoms with Crippen LogP contribution in [0.25, 0.3) is 0 Å². The van der Waals surface area contributed by atoms with Gasteiger partial charge in [0.25, 0.3) is 0 Å². The molecule has 41 heavy (non-hydrogen) atoms. The maximum absolute atomic E-state index is 13.8. The minimum absolute atomic E-state index is 0.229. The van der Waals surface area contributed by atoms with E-state index in [4.69, 9.17) is 19.8 Å². The number of carboxylic acids is 2. The van der Waals surface area contributed by atoms with Gasteiger partial charge >= 0.3 is 24.3 Å². The number of halogens is 8. The van der Waals surface area contributed by atoms with Gasteiger partial charge in [-0.15, -0.1) is 5.10 Å². The fraction of sp³-hybridized carbons (Fsp3) is 0.565. The van der Waals surface area contributed by atoms with Crippen molar-refractivity contribution in [1.82, 2.24) is 24.8 Å². The number of aliphatic hydroxyl groups is 1. The molecule has 0 aliphatic carbocycles. The molecule has 2 saturated heterocycles. The smallest absolute Gasteiger partial charge is 0.475 e. The van der Waals surface area contributed by atoms with Crippen LogP contribution < -0.4 is 0 Å². The van der Waals surface area contributed by atoms with Crippen molar-refractivity contribution in [3.63, 3.8) is 0 Å². The van der Waals surface area contributed by atoms with Crippen LogP contribution in [0, 0.1) is 11.6 Å². The van der Waals surface area contributed by atoms with Crippen LogP contribution in [0.15, 0.2) is 24.4 Å². The molecule has 1 aromatic carbocycles. The summed E-state index contributed by atoms with van der Waals surface area (Å²) in [6, 6.07) is 3.90. The van der Waals surface area contributed by atoms with E-state index >= 15 is 0 Å². The Morgan fingerprint density at radius 2 is 1.41 bits per heavy atom. The first-order valence-electron chi connectivity index (χ1n) is 12.0. The molecule has 4 rings (SSSR count). The molecule has 18 heteroatoms. The van der Waals surface area contributed by atoms with Gasteiger partial charge in [-0.25, -0.2) is 23.1 Å². The maximum Gasteiger partial charge on any atom is 0.490 e. The number of hydrogen-bond donors (Lipinski definition) is 3. The number of carbonyl (C=O) groups is 2. The van der Waals surface area contributed by atoms with Crippen molar-refractivity contribution in [3.8, 4) is 0 Å². The molecule has 10 nitrogen and oxygen atoms in total. The van der Waals surface area contributed by atoms with Gasteiger partial charge in [-0.2, -0.15) is 26.3 Å². The summed E-state index contributed by atoms with van der Waals surface area (Å²) in [5.41, 5.74) is 1.33. The monoisotopic (exact) mass is 605 g/mol. The summed E-state index contributed by atoms with van der Waals surface area (Å²) in [5, 5.41) is 32.4. The lowest BCUT2D eigenvalue weighted by atomic mass is 10.0. The van der Waals surface area contributed by atoms with E-state index in [0.29, 0.717) is 18.7 Å². The number of aromatic nitrogens is 3. The van der Waals surface area contributed by atoms with Crippen LogP contribution in [-0.2, 0) is 22.7 Å². The Kier molecular flexibility index (Phi) is 12.0. The molecule has 2 aliphatic heterocycles. The molecule has 3 heterocycles. The highest BCUT2D eigenvalue weighted by Crippen LogP contribution is 2.24. The average molecular weight is 605 g/mol. The summed E-state index contributed by atoms with van der Waals surface area (Å²) in [7, 11) is 0. The van der Waals surface area contributed by atoms with Gasteiger partial charge in [0.2, 0.25) is 0 Å². The van der Waals surface area contributed by atoms with E-state index in [0.717, 1.165) is 57.2 Å². The number of nitrogens with zero attached hydrogens (tertiary/aromatic N) is 5. The molecule has 0 amide bonds. The van der Waals surface area contributed by atoms with Gasteiger partial charge < -0.3 is 15.3 Å². The Bertz CT molecular complexity index is 1130. The standard InChI is InChI=1S/C19H25F2N5O.2C2HF3O2/c20-15-1-2-19(21)14(9-15)10-24-6-3-17(4-7-24)26-12-16(22-23-26)11-25-8-5-18(27)13-25;2*3-2(4,5)1(6)7/h1-2,9,12,17-18,27H,3-8,10-11,13H2;2*(H,6,7)/t18-;;/m0../s1. The van der Waals surface area contributed by atoms with Crippen LogP contribution in [0.1, 0.15) is 36.6 Å². The van der Waals surface area contributed by atoms with E-state index in [1.807, 2.05) is 10.9 Å². The molecule has 1 atom stereocenters. The van der Waals surface area contributed by atoms with Gasteiger partial charge in [-0.3, -0.25) is 9.80 Å². The van der Waals surface area contributed by atoms with Gasteiger partial charge in [0.1, 0.15) is 11.6 Å². The molecule has 2 aliphatic rings. The van der Waals surface area contributed by atoms with Crippen molar-refractivity contribution < 1.29 is 60.0 Å². The Hall–Kier alpha value is -3.38. The Morgan fingerprint density at radius 3 is 1.90 bits per heavy atom. The molecular formula is C23H27F8N5O5. The van der Waals surface area contributed by atoms with Crippen LogP contribution in [0.4, 0.5) is 35.1 Å². The average Bonchev–Trinajstić information content (AvgIpc) is 3.50. The Balaban J connectivity index is 0.000000349. The SMILES string of the molecule is O=C(O)C(F)(F)F.O=C(O)C(F)(F)F.O[C@H]1CCN(Cc2cn(C3CCN(Cc4cc(F)ccc4F)CC3)nn2)C1. The lowest BCUT2D eigenvalue weighted by Crippen LogP contribution is -2.34. The second-order valence-electron chi connectivity index (χ2n) is 9.22. The molecule has 1 aromatic heterocycles. The summed E-state index contributed by atoms with van der Waals surface area (Å²) in [5.74, 6) is -6.27. The first kappa shape index (κ1) is 33.8. The number of hydrogen-bond acceptors (Lipinski definition) is 7. The van der Waals surface area contributed by atoms with Gasteiger partial charge in [0.05, 0.1) is 24.0 Å². The van der Waals surface area contributed by atoms with Crippen LogP contribution in [0.2, 0.25) is 0 Å². The normalized spacial score (nSPS) is 18.7. The summed E-state index contributed by atoms with van der Waals surface area (Å²) >= 11 is 0. The van der Waals surface area contributed by atoms with Crippen molar-refractivity contribution in [1.29, 1.82) is 0 Å². The van der Waals surface area contributed by atoms with E-state index in [1.54, 1.807) is 0 Å². The van der Waals surface area contributed by atoms with Crippen molar-refractivity contribution in [3.05, 3.63) is 47.3 Å². The largest absolute Gasteiger partial charge is 0.490 e. The first-order valence-corrected chi connectivity index (χ1v) is 12.0. The van der Waals surface area contributed by atoms with Crippen LogP contribution in [0.5, 0.6) is 0 Å². The Labute approximate surface area is 227 Å². The molecule has 0 radical (unpaired) electrons. The summed E-state index contributed by atoms with van der Waals surface area (Å²) < 4.78 is 92.6. The quantitative estimate of drug-likeness (QED) is 0.440. The molecule has 0 unspecified atom stereocenters. The van der Waals surface area contributed by atoms with Crippen LogP contribution >= 0.6 is 0 Å². The van der Waals surface area contributed by atoms with E-state index < -0.39 is 30.1 Å². The number of piperidine rings is 1. The molecular weight excluding hydrogens is 578 g/mol. The molecule has 2 fully saturated rings. The third-order valence-electron chi connectivity index (χ3n) is 6.01. The van der Waals surface area contributed by atoms with E-state index in [1.165, 1.54) is 12.1 Å². The second-order valence-corrected chi connectivity index (χ2v) is 9.22.